The highest BCUT2D eigenvalue weighted by molar-refractivity contribution is 8.30. The summed E-state index contributed by atoms with van der Waals surface area (Å²) in [5.74, 6) is -0.181. The Bertz CT molecular complexity index is 1520. The number of amides is 1. The number of nitrogens with zero attached hydrogens (tertiary/aromatic N) is 3. The summed E-state index contributed by atoms with van der Waals surface area (Å²) in [5, 5.41) is 0. The molecule has 2 aromatic carbocycles. The number of fused-ring (bicyclic) bond motifs is 1. The van der Waals surface area contributed by atoms with Gasteiger partial charge in [0.2, 0.25) is 0 Å². The van der Waals surface area contributed by atoms with Gasteiger partial charge in [-0.3, -0.25) is 19.1 Å². The second kappa shape index (κ2) is 8.44. The summed E-state index contributed by atoms with van der Waals surface area (Å²) >= 11 is 7.94. The third-order valence-corrected chi connectivity index (χ3v) is 8.55. The Labute approximate surface area is 205 Å². The van der Waals surface area contributed by atoms with E-state index in [0.717, 1.165) is 22.6 Å². The van der Waals surface area contributed by atoms with Crippen LogP contribution in [0.25, 0.3) is 22.4 Å². The first kappa shape index (κ1) is 21.9. The highest BCUT2D eigenvalue weighted by atomic mass is 32.2. The number of para-hydroxylation sites is 1. The van der Waals surface area contributed by atoms with E-state index in [-0.39, 0.29) is 11.5 Å². The van der Waals surface area contributed by atoms with Gasteiger partial charge < -0.3 is 4.90 Å². The fourth-order valence-corrected chi connectivity index (χ4v) is 6.55. The molecule has 3 aromatic rings. The van der Waals surface area contributed by atoms with Crippen LogP contribution in [0.1, 0.15) is 18.1 Å². The Morgan fingerprint density at radius 1 is 1.03 bits per heavy atom. The van der Waals surface area contributed by atoms with Crippen molar-refractivity contribution in [3.63, 3.8) is 0 Å². The van der Waals surface area contributed by atoms with Crippen molar-refractivity contribution in [1.29, 1.82) is 0 Å². The number of rotatable bonds is 2. The highest BCUT2D eigenvalue weighted by Gasteiger charge is 2.32. The monoisotopic (exact) mass is 491 g/mol. The number of likely N-dealkylation sites (N-methyl/N-ethyl adjacent to an activating group) is 1. The number of benzene rings is 2. The smallest absolute Gasteiger partial charge is 0.275 e. The zero-order valence-electron chi connectivity index (χ0n) is 18.4. The van der Waals surface area contributed by atoms with Crippen molar-refractivity contribution in [2.75, 3.05) is 18.5 Å². The molecule has 3 heterocycles. The van der Waals surface area contributed by atoms with Gasteiger partial charge in [0.15, 0.2) is 0 Å². The minimum Gasteiger partial charge on any atom is -0.340 e. The second-order valence-corrected chi connectivity index (χ2v) is 10.4. The van der Waals surface area contributed by atoms with Crippen molar-refractivity contribution >= 4 is 67.9 Å². The lowest BCUT2D eigenvalue weighted by molar-refractivity contribution is -0.119. The third-order valence-electron chi connectivity index (χ3n) is 5.70. The first-order valence-electron chi connectivity index (χ1n) is 10.5. The number of thioether (sulfide) groups is 1. The molecule has 0 aliphatic carbocycles. The maximum Gasteiger partial charge on any atom is 0.275 e. The third kappa shape index (κ3) is 3.58. The van der Waals surface area contributed by atoms with Crippen molar-refractivity contribution in [3.8, 4) is 5.69 Å². The molecule has 0 saturated carbocycles. The molecule has 0 unspecified atom stereocenters. The molecule has 0 N–H and O–H groups in total. The van der Waals surface area contributed by atoms with E-state index >= 15 is 0 Å². The average molecular weight is 492 g/mol. The predicted octanol–water partition coefficient (Wildman–Crippen LogP) is 3.47. The molecular weight excluding hydrogens is 470 g/mol. The minimum absolute atomic E-state index is 0.142. The summed E-state index contributed by atoms with van der Waals surface area (Å²) < 4.78 is 3.33. The van der Waals surface area contributed by atoms with Gasteiger partial charge in [-0.05, 0) is 49.8 Å². The molecule has 0 radical (unpaired) electrons. The molecule has 1 aromatic heterocycles. The van der Waals surface area contributed by atoms with Crippen LogP contribution in [0.4, 0.5) is 5.69 Å². The fraction of sp³-hybridized carbons (Fsp3) is 0.160. The second-order valence-electron chi connectivity index (χ2n) is 7.80. The summed E-state index contributed by atoms with van der Waals surface area (Å²) in [7, 11) is 1.67. The van der Waals surface area contributed by atoms with E-state index in [1.54, 1.807) is 11.6 Å². The van der Waals surface area contributed by atoms with Crippen molar-refractivity contribution in [1.82, 2.24) is 9.47 Å². The predicted molar refractivity (Wildman–Crippen MR) is 142 cm³/mol. The van der Waals surface area contributed by atoms with E-state index in [4.69, 9.17) is 12.2 Å². The molecule has 2 aliphatic rings. The van der Waals surface area contributed by atoms with Crippen molar-refractivity contribution < 1.29 is 4.79 Å². The summed E-state index contributed by atoms with van der Waals surface area (Å²) in [4.78, 5) is 30.9. The van der Waals surface area contributed by atoms with Crippen LogP contribution in [-0.2, 0) is 4.79 Å². The summed E-state index contributed by atoms with van der Waals surface area (Å²) in [6, 6.07) is 15.8. The van der Waals surface area contributed by atoms with Crippen molar-refractivity contribution in [3.05, 3.63) is 85.3 Å². The molecule has 166 valence electrons. The van der Waals surface area contributed by atoms with Gasteiger partial charge in [0.25, 0.3) is 11.5 Å². The van der Waals surface area contributed by atoms with E-state index in [2.05, 4.69) is 43.0 Å². The quantitative estimate of drug-likeness (QED) is 0.514. The molecule has 8 heteroatoms. The molecule has 33 heavy (non-hydrogen) atoms. The van der Waals surface area contributed by atoms with Crippen LogP contribution in [0.15, 0.2) is 59.4 Å². The van der Waals surface area contributed by atoms with Crippen molar-refractivity contribution in [2.24, 2.45) is 0 Å². The Hall–Kier alpha value is -2.94. The number of carbonyl (C=O) groups excluding carboxylic acids is 1. The Kier molecular flexibility index (Phi) is 5.60. The van der Waals surface area contributed by atoms with E-state index in [1.807, 2.05) is 36.4 Å². The van der Waals surface area contributed by atoms with Crippen LogP contribution < -0.4 is 19.7 Å². The maximum absolute atomic E-state index is 13.9. The van der Waals surface area contributed by atoms with Gasteiger partial charge in [0.1, 0.15) is 18.4 Å². The van der Waals surface area contributed by atoms with Gasteiger partial charge in [-0.2, -0.15) is 0 Å². The number of hydrogen-bond acceptors (Lipinski definition) is 6. The normalized spacial score (nSPS) is 18.9. The fourth-order valence-electron chi connectivity index (χ4n) is 4.05. The number of thiazole rings is 1. The molecule has 1 fully saturated rings. The first-order chi connectivity index (χ1) is 15.9. The lowest BCUT2D eigenvalue weighted by Crippen LogP contribution is -2.36. The summed E-state index contributed by atoms with van der Waals surface area (Å²) in [6.45, 7) is 4.86. The van der Waals surface area contributed by atoms with Gasteiger partial charge in [-0.25, -0.2) is 0 Å². The zero-order chi connectivity index (χ0) is 23.3. The Morgan fingerprint density at radius 3 is 2.45 bits per heavy atom. The number of hydrogen-bond donors (Lipinski definition) is 0. The van der Waals surface area contributed by atoms with Crippen LogP contribution in [0.3, 0.4) is 0 Å². The van der Waals surface area contributed by atoms with Gasteiger partial charge >= 0.3 is 0 Å². The molecule has 0 bridgehead atoms. The summed E-state index contributed by atoms with van der Waals surface area (Å²) in [6.07, 6.45) is 4.06. The van der Waals surface area contributed by atoms with E-state index < -0.39 is 0 Å². The van der Waals surface area contributed by atoms with Crippen LogP contribution in [0.2, 0.25) is 0 Å². The summed E-state index contributed by atoms with van der Waals surface area (Å²) in [5.41, 5.74) is 4.81. The van der Waals surface area contributed by atoms with Gasteiger partial charge in [0.05, 0.1) is 11.4 Å². The van der Waals surface area contributed by atoms with Crippen LogP contribution >= 0.6 is 35.3 Å². The number of aromatic nitrogens is 1. The highest BCUT2D eigenvalue weighted by Crippen LogP contribution is 2.32. The van der Waals surface area contributed by atoms with Crippen LogP contribution in [-0.4, -0.2) is 33.3 Å². The molecule has 1 amide bonds. The lowest BCUT2D eigenvalue weighted by Gasteiger charge is -2.29. The zero-order valence-corrected chi connectivity index (χ0v) is 20.8. The number of aryl methyl sites for hydroxylation is 1. The van der Waals surface area contributed by atoms with E-state index in [1.165, 1.54) is 33.6 Å². The van der Waals surface area contributed by atoms with E-state index in [9.17, 15) is 9.59 Å². The Morgan fingerprint density at radius 2 is 1.79 bits per heavy atom. The van der Waals surface area contributed by atoms with E-state index in [0.29, 0.717) is 25.0 Å². The van der Waals surface area contributed by atoms with Gasteiger partial charge in [0, 0.05) is 19.3 Å². The lowest BCUT2D eigenvalue weighted by atomic mass is 10.0. The minimum atomic E-state index is -0.181. The Balaban J connectivity index is 1.87. The van der Waals surface area contributed by atoms with Crippen LogP contribution in [0.5, 0.6) is 0 Å². The maximum atomic E-state index is 13.9. The topological polar surface area (TPSA) is 45.5 Å². The number of thiocarbonyl (C=S) groups is 1. The van der Waals surface area contributed by atoms with Gasteiger partial charge in [-0.1, -0.05) is 59.9 Å². The molecule has 2 aliphatic heterocycles. The molecule has 5 rings (SSSR count). The molecule has 0 atom stereocenters. The average Bonchev–Trinajstić information content (AvgIpc) is 3.29. The van der Waals surface area contributed by atoms with Gasteiger partial charge in [-0.15, -0.1) is 11.3 Å². The SMILES string of the molecule is CCN1/C(=c2\s/c(=C3\SC(=S)N(C)C3=O)n(-c3ccccc3)c2=O)C=Cc2cc(C)ccc21. The number of anilines is 1. The molecule has 0 spiro atoms. The largest absolute Gasteiger partial charge is 0.340 e. The molecule has 5 nitrogen and oxygen atoms in total. The molecular formula is C25H21N3O2S3. The standard InChI is InChI=1S/C25H21N3O2S3/c1-4-27-18-12-10-15(2)14-16(18)11-13-19(27)20-23(30)28(17-8-6-5-7-9-17)24(32-20)21-22(29)26(3)25(31)33-21/h5-14H,4H2,1-3H3/b20-19-,24-21-. The van der Waals surface area contributed by atoms with Crippen LogP contribution in [0, 0.1) is 6.92 Å². The number of carbonyl (C=O) groups is 1. The first-order valence-corrected chi connectivity index (χ1v) is 12.6. The van der Waals surface area contributed by atoms with Crippen molar-refractivity contribution in [2.45, 2.75) is 13.8 Å². The molecule has 1 saturated heterocycles.